The SMILES string of the molecule is c1ccc(-c2cc(-c3cc(-c4cccs4)sc3-c3cccs3)ccn2)nc1. The largest absolute Gasteiger partial charge is 0.255 e. The fourth-order valence-corrected chi connectivity index (χ4v) is 5.86. The van der Waals surface area contributed by atoms with Crippen LogP contribution in [0.1, 0.15) is 0 Å². The Morgan fingerprint density at radius 3 is 2.19 bits per heavy atom. The predicted molar refractivity (Wildman–Crippen MR) is 117 cm³/mol. The summed E-state index contributed by atoms with van der Waals surface area (Å²) in [5.41, 5.74) is 4.22. The molecule has 0 aliphatic rings. The second-order valence-corrected chi connectivity index (χ2v) is 8.90. The van der Waals surface area contributed by atoms with E-state index < -0.39 is 0 Å². The molecule has 0 radical (unpaired) electrons. The monoisotopic (exact) mass is 402 g/mol. The summed E-state index contributed by atoms with van der Waals surface area (Å²) in [7, 11) is 0. The van der Waals surface area contributed by atoms with E-state index in [-0.39, 0.29) is 0 Å². The maximum absolute atomic E-state index is 4.53. The second-order valence-electron chi connectivity index (χ2n) is 5.95. The Labute approximate surface area is 169 Å². The lowest BCUT2D eigenvalue weighted by molar-refractivity contribution is 1.25. The molecule has 2 nitrogen and oxygen atoms in total. The molecule has 0 fully saturated rings. The summed E-state index contributed by atoms with van der Waals surface area (Å²) in [5.74, 6) is 0. The van der Waals surface area contributed by atoms with Gasteiger partial charge in [-0.3, -0.25) is 9.97 Å². The fraction of sp³-hybridized carbons (Fsp3) is 0. The van der Waals surface area contributed by atoms with Crippen molar-refractivity contribution in [1.29, 1.82) is 0 Å². The van der Waals surface area contributed by atoms with Crippen molar-refractivity contribution < 1.29 is 0 Å². The lowest BCUT2D eigenvalue weighted by Gasteiger charge is -2.05. The third kappa shape index (κ3) is 3.25. The minimum atomic E-state index is 0.894. The van der Waals surface area contributed by atoms with E-state index >= 15 is 0 Å². The minimum absolute atomic E-state index is 0.894. The van der Waals surface area contributed by atoms with E-state index in [0.717, 1.165) is 11.4 Å². The van der Waals surface area contributed by atoms with Gasteiger partial charge in [-0.05, 0) is 58.8 Å². The van der Waals surface area contributed by atoms with E-state index in [0.29, 0.717) is 0 Å². The number of nitrogens with zero attached hydrogens (tertiary/aromatic N) is 2. The van der Waals surface area contributed by atoms with Crippen LogP contribution in [0, 0.1) is 0 Å². The molecule has 0 aliphatic heterocycles. The molecule has 5 aromatic heterocycles. The molecule has 5 aromatic rings. The minimum Gasteiger partial charge on any atom is -0.255 e. The third-order valence-corrected chi connectivity index (χ3v) is 7.49. The Hall–Kier alpha value is -2.60. The van der Waals surface area contributed by atoms with Gasteiger partial charge < -0.3 is 0 Å². The van der Waals surface area contributed by atoms with Gasteiger partial charge in [-0.25, -0.2) is 0 Å². The van der Waals surface area contributed by atoms with Crippen LogP contribution in [0.3, 0.4) is 0 Å². The first-order chi connectivity index (χ1) is 13.4. The van der Waals surface area contributed by atoms with E-state index in [1.54, 1.807) is 28.9 Å². The van der Waals surface area contributed by atoms with Gasteiger partial charge in [0.1, 0.15) is 0 Å². The van der Waals surface area contributed by atoms with Gasteiger partial charge in [-0.2, -0.15) is 0 Å². The molecule has 0 spiro atoms. The zero-order valence-corrected chi connectivity index (χ0v) is 16.7. The first-order valence-corrected chi connectivity index (χ1v) is 11.1. The summed E-state index contributed by atoms with van der Waals surface area (Å²) in [6.07, 6.45) is 3.68. The normalized spacial score (nSPS) is 11.0. The smallest absolute Gasteiger partial charge is 0.0892 e. The van der Waals surface area contributed by atoms with Crippen molar-refractivity contribution in [2.75, 3.05) is 0 Å². The number of hydrogen-bond donors (Lipinski definition) is 0. The number of pyridine rings is 2. The Balaban J connectivity index is 1.66. The highest BCUT2D eigenvalue weighted by atomic mass is 32.1. The first kappa shape index (κ1) is 16.6. The third-order valence-electron chi connectivity index (χ3n) is 4.24. The molecule has 0 amide bonds. The summed E-state index contributed by atoms with van der Waals surface area (Å²) in [6, 6.07) is 21.0. The standard InChI is InChI=1S/C22H14N2S3/c1-2-9-23-17(5-1)18-13-15(8-10-24-18)16-14-21(19-6-3-11-25-19)27-22(16)20-7-4-12-26-20/h1-14H. The topological polar surface area (TPSA) is 25.8 Å². The lowest BCUT2D eigenvalue weighted by Crippen LogP contribution is -1.87. The van der Waals surface area contributed by atoms with Gasteiger partial charge in [-0.15, -0.1) is 34.0 Å². The zero-order chi connectivity index (χ0) is 18.1. The van der Waals surface area contributed by atoms with Gasteiger partial charge >= 0.3 is 0 Å². The Morgan fingerprint density at radius 1 is 0.630 bits per heavy atom. The Kier molecular flexibility index (Phi) is 4.41. The van der Waals surface area contributed by atoms with Crippen molar-refractivity contribution >= 4 is 34.0 Å². The van der Waals surface area contributed by atoms with E-state index in [2.05, 4.69) is 63.2 Å². The average Bonchev–Trinajstić information content (AvgIpc) is 3.49. The molecule has 0 saturated heterocycles. The highest BCUT2D eigenvalue weighted by molar-refractivity contribution is 7.26. The maximum atomic E-state index is 4.53. The molecule has 0 aliphatic carbocycles. The quantitative estimate of drug-likeness (QED) is 0.314. The van der Waals surface area contributed by atoms with E-state index in [9.17, 15) is 0 Å². The van der Waals surface area contributed by atoms with Crippen LogP contribution in [-0.2, 0) is 0 Å². The molecule has 5 heteroatoms. The second kappa shape index (κ2) is 7.19. The van der Waals surface area contributed by atoms with Crippen LogP contribution < -0.4 is 0 Å². The van der Waals surface area contributed by atoms with Gasteiger partial charge in [-0.1, -0.05) is 18.2 Å². The van der Waals surface area contributed by atoms with Crippen molar-refractivity contribution in [3.63, 3.8) is 0 Å². The van der Waals surface area contributed by atoms with Crippen molar-refractivity contribution in [1.82, 2.24) is 9.97 Å². The fourth-order valence-electron chi connectivity index (χ4n) is 2.99. The van der Waals surface area contributed by atoms with Gasteiger partial charge in [0.05, 0.1) is 16.3 Å². The molecule has 0 aromatic carbocycles. The molecule has 0 N–H and O–H groups in total. The molecule has 27 heavy (non-hydrogen) atoms. The molecule has 0 saturated carbocycles. The highest BCUT2D eigenvalue weighted by Crippen LogP contribution is 2.45. The summed E-state index contributed by atoms with van der Waals surface area (Å²) < 4.78 is 0. The van der Waals surface area contributed by atoms with E-state index in [1.807, 2.05) is 35.7 Å². The predicted octanol–water partition coefficient (Wildman–Crippen LogP) is 7.33. The molecule has 130 valence electrons. The summed E-state index contributed by atoms with van der Waals surface area (Å²) in [5, 5.41) is 4.26. The lowest BCUT2D eigenvalue weighted by atomic mass is 10.0. The molecule has 0 atom stereocenters. The average molecular weight is 403 g/mol. The van der Waals surface area contributed by atoms with Crippen molar-refractivity contribution in [2.45, 2.75) is 0 Å². The van der Waals surface area contributed by atoms with Crippen LogP contribution in [0.25, 0.3) is 42.0 Å². The Bertz CT molecular complexity index is 1160. The first-order valence-electron chi connectivity index (χ1n) is 8.48. The van der Waals surface area contributed by atoms with Gasteiger partial charge in [0, 0.05) is 32.6 Å². The van der Waals surface area contributed by atoms with Crippen molar-refractivity contribution in [3.8, 4) is 42.0 Å². The van der Waals surface area contributed by atoms with E-state index in [1.165, 1.54) is 30.6 Å². The van der Waals surface area contributed by atoms with Crippen LogP contribution in [0.2, 0.25) is 0 Å². The van der Waals surface area contributed by atoms with Crippen LogP contribution in [0.4, 0.5) is 0 Å². The van der Waals surface area contributed by atoms with Crippen LogP contribution in [0.15, 0.2) is 83.8 Å². The number of hydrogen-bond acceptors (Lipinski definition) is 5. The molecule has 0 bridgehead atoms. The molecule has 0 unspecified atom stereocenters. The molecule has 5 heterocycles. The van der Waals surface area contributed by atoms with Crippen LogP contribution in [0.5, 0.6) is 0 Å². The molecular formula is C22H14N2S3. The van der Waals surface area contributed by atoms with Crippen LogP contribution in [-0.4, -0.2) is 9.97 Å². The molecular weight excluding hydrogens is 388 g/mol. The summed E-state index contributed by atoms with van der Waals surface area (Å²) in [6.45, 7) is 0. The summed E-state index contributed by atoms with van der Waals surface area (Å²) >= 11 is 5.42. The van der Waals surface area contributed by atoms with Gasteiger partial charge in [0.2, 0.25) is 0 Å². The molecule has 5 rings (SSSR count). The van der Waals surface area contributed by atoms with Crippen molar-refractivity contribution in [2.24, 2.45) is 0 Å². The van der Waals surface area contributed by atoms with E-state index in [4.69, 9.17) is 0 Å². The Morgan fingerprint density at radius 2 is 1.44 bits per heavy atom. The summed E-state index contributed by atoms with van der Waals surface area (Å²) in [4.78, 5) is 14.2. The van der Waals surface area contributed by atoms with Crippen LogP contribution >= 0.6 is 34.0 Å². The highest BCUT2D eigenvalue weighted by Gasteiger charge is 2.16. The van der Waals surface area contributed by atoms with Gasteiger partial charge in [0.15, 0.2) is 0 Å². The van der Waals surface area contributed by atoms with Crippen molar-refractivity contribution in [3.05, 3.63) is 83.8 Å². The maximum Gasteiger partial charge on any atom is 0.0892 e. The number of thiophene rings is 3. The number of aromatic nitrogens is 2. The van der Waals surface area contributed by atoms with Gasteiger partial charge in [0.25, 0.3) is 0 Å². The number of rotatable bonds is 4. The zero-order valence-electron chi connectivity index (χ0n) is 14.2.